The Morgan fingerprint density at radius 3 is 2.94 bits per heavy atom. The van der Waals surface area contributed by atoms with Gasteiger partial charge in [0.1, 0.15) is 5.01 Å². The van der Waals surface area contributed by atoms with Crippen LogP contribution in [0.3, 0.4) is 0 Å². The normalized spacial score (nSPS) is 11.2. The molecule has 2 heterocycles. The molecular formula is C11H8BrNO2S2. The zero-order valence-electron chi connectivity index (χ0n) is 8.81. The van der Waals surface area contributed by atoms with Gasteiger partial charge in [0.05, 0.1) is 10.6 Å². The van der Waals surface area contributed by atoms with Crippen LogP contribution in [0.15, 0.2) is 22.0 Å². The summed E-state index contributed by atoms with van der Waals surface area (Å²) in [5, 5.41) is 11.3. The molecule has 0 bridgehead atoms. The van der Waals surface area contributed by atoms with Gasteiger partial charge in [-0.25, -0.2) is 9.78 Å². The van der Waals surface area contributed by atoms with Gasteiger partial charge in [0.2, 0.25) is 0 Å². The quantitative estimate of drug-likeness (QED) is 0.864. The molecule has 1 N–H and O–H groups in total. The maximum atomic E-state index is 10.4. The summed E-state index contributed by atoms with van der Waals surface area (Å²) in [6.07, 6.45) is 2.62. The van der Waals surface area contributed by atoms with Gasteiger partial charge in [-0.1, -0.05) is 0 Å². The molecule has 3 nitrogen and oxygen atoms in total. The third-order valence-electron chi connectivity index (χ3n) is 1.98. The minimum Gasteiger partial charge on any atom is -0.478 e. The fourth-order valence-electron chi connectivity index (χ4n) is 1.30. The largest absolute Gasteiger partial charge is 0.478 e. The van der Waals surface area contributed by atoms with Crippen LogP contribution in [0.5, 0.6) is 0 Å². The molecular weight excluding hydrogens is 322 g/mol. The summed E-state index contributed by atoms with van der Waals surface area (Å²) in [5.74, 6) is -0.960. The van der Waals surface area contributed by atoms with Gasteiger partial charge >= 0.3 is 5.97 Å². The molecule has 0 spiro atoms. The number of halogens is 1. The standard InChI is InChI=1S/C11H8BrNO2S2/c1-6-11(8-4-7(12)5-16-8)13-9(17-6)2-3-10(14)15/h2-5H,1H3,(H,14,15)/b3-2+. The first-order valence-electron chi connectivity index (χ1n) is 4.69. The highest BCUT2D eigenvalue weighted by Crippen LogP contribution is 2.34. The minimum atomic E-state index is -0.960. The van der Waals surface area contributed by atoms with E-state index in [2.05, 4.69) is 20.9 Å². The third-order valence-corrected chi connectivity index (χ3v) is 4.62. The lowest BCUT2D eigenvalue weighted by atomic mass is 10.3. The molecule has 2 rings (SSSR count). The maximum absolute atomic E-state index is 10.4. The molecule has 2 aromatic rings. The van der Waals surface area contributed by atoms with Gasteiger partial charge < -0.3 is 5.11 Å². The van der Waals surface area contributed by atoms with Gasteiger partial charge in [-0.15, -0.1) is 22.7 Å². The topological polar surface area (TPSA) is 50.2 Å². The van der Waals surface area contributed by atoms with Crippen LogP contribution in [0, 0.1) is 6.92 Å². The van der Waals surface area contributed by atoms with Gasteiger partial charge in [0, 0.05) is 20.8 Å². The molecule has 0 saturated carbocycles. The lowest BCUT2D eigenvalue weighted by Gasteiger charge is -1.90. The third kappa shape index (κ3) is 3.02. The number of aryl methyl sites for hydroxylation is 1. The van der Waals surface area contributed by atoms with Crippen LogP contribution in [0.25, 0.3) is 16.6 Å². The number of aliphatic carboxylic acids is 1. The molecule has 0 saturated heterocycles. The van der Waals surface area contributed by atoms with E-state index in [-0.39, 0.29) is 0 Å². The second-order valence-electron chi connectivity index (χ2n) is 3.26. The van der Waals surface area contributed by atoms with Crippen molar-refractivity contribution in [3.63, 3.8) is 0 Å². The van der Waals surface area contributed by atoms with E-state index in [1.807, 2.05) is 18.4 Å². The Balaban J connectivity index is 2.34. The highest BCUT2D eigenvalue weighted by atomic mass is 79.9. The molecule has 0 atom stereocenters. The molecule has 6 heteroatoms. The van der Waals surface area contributed by atoms with Crippen molar-refractivity contribution < 1.29 is 9.90 Å². The van der Waals surface area contributed by atoms with Crippen molar-refractivity contribution in [2.24, 2.45) is 0 Å². The van der Waals surface area contributed by atoms with Gasteiger partial charge in [0.25, 0.3) is 0 Å². The fourth-order valence-corrected chi connectivity index (χ4v) is 3.67. The van der Waals surface area contributed by atoms with Gasteiger partial charge in [-0.3, -0.25) is 0 Å². The van der Waals surface area contributed by atoms with Gasteiger partial charge in [0.15, 0.2) is 0 Å². The molecule has 0 aliphatic heterocycles. The Hall–Kier alpha value is -0.980. The number of carboxylic acids is 1. The molecule has 0 radical (unpaired) electrons. The number of rotatable bonds is 3. The Labute approximate surface area is 115 Å². The molecule has 0 fully saturated rings. The van der Waals surface area contributed by atoms with E-state index in [1.165, 1.54) is 17.4 Å². The van der Waals surface area contributed by atoms with Crippen molar-refractivity contribution >= 4 is 50.6 Å². The summed E-state index contributed by atoms with van der Waals surface area (Å²) >= 11 is 6.51. The second-order valence-corrected chi connectivity index (χ2v) is 6.32. The predicted molar refractivity (Wildman–Crippen MR) is 74.5 cm³/mol. The summed E-state index contributed by atoms with van der Waals surface area (Å²) in [5.41, 5.74) is 0.927. The second kappa shape index (κ2) is 5.12. The van der Waals surface area contributed by atoms with Crippen LogP contribution >= 0.6 is 38.6 Å². The van der Waals surface area contributed by atoms with Crippen LogP contribution in [0.2, 0.25) is 0 Å². The number of carboxylic acid groups (broad SMARTS) is 1. The number of thiophene rings is 1. The van der Waals surface area contributed by atoms with Crippen molar-refractivity contribution in [2.45, 2.75) is 6.92 Å². The van der Waals surface area contributed by atoms with E-state index in [4.69, 9.17) is 5.11 Å². The molecule has 0 aliphatic carbocycles. The van der Waals surface area contributed by atoms with Crippen molar-refractivity contribution in [1.29, 1.82) is 0 Å². The number of aromatic nitrogens is 1. The maximum Gasteiger partial charge on any atom is 0.328 e. The number of hydrogen-bond acceptors (Lipinski definition) is 4. The van der Waals surface area contributed by atoms with Gasteiger partial charge in [-0.2, -0.15) is 0 Å². The van der Waals surface area contributed by atoms with E-state index in [0.29, 0.717) is 5.01 Å². The van der Waals surface area contributed by atoms with Crippen LogP contribution < -0.4 is 0 Å². The Morgan fingerprint density at radius 1 is 1.59 bits per heavy atom. The fraction of sp³-hybridized carbons (Fsp3) is 0.0909. The first kappa shape index (κ1) is 12.5. The Kier molecular flexibility index (Phi) is 3.76. The summed E-state index contributed by atoms with van der Waals surface area (Å²) in [6.45, 7) is 1.98. The summed E-state index contributed by atoms with van der Waals surface area (Å²) in [7, 11) is 0. The summed E-state index contributed by atoms with van der Waals surface area (Å²) < 4.78 is 1.03. The number of carbonyl (C=O) groups is 1. The van der Waals surface area contributed by atoms with E-state index in [0.717, 1.165) is 26.0 Å². The molecule has 0 aliphatic rings. The molecule has 17 heavy (non-hydrogen) atoms. The number of hydrogen-bond donors (Lipinski definition) is 1. The van der Waals surface area contributed by atoms with Gasteiger partial charge in [-0.05, 0) is 35.0 Å². The predicted octanol–water partition coefficient (Wildman–Crippen LogP) is 4.04. The molecule has 88 valence electrons. The number of thiazole rings is 1. The van der Waals surface area contributed by atoms with Crippen molar-refractivity contribution in [1.82, 2.24) is 4.98 Å². The van der Waals surface area contributed by atoms with Crippen molar-refractivity contribution in [2.75, 3.05) is 0 Å². The highest BCUT2D eigenvalue weighted by Gasteiger charge is 2.10. The lowest BCUT2D eigenvalue weighted by Crippen LogP contribution is -1.85. The van der Waals surface area contributed by atoms with Crippen molar-refractivity contribution in [3.05, 3.63) is 31.9 Å². The first-order valence-corrected chi connectivity index (χ1v) is 7.18. The summed E-state index contributed by atoms with van der Waals surface area (Å²) in [4.78, 5) is 17.0. The van der Waals surface area contributed by atoms with Crippen LogP contribution in [0.1, 0.15) is 9.88 Å². The van der Waals surface area contributed by atoms with Crippen LogP contribution in [-0.4, -0.2) is 16.1 Å². The molecule has 0 aromatic carbocycles. The minimum absolute atomic E-state index is 0.712. The van der Waals surface area contributed by atoms with Crippen LogP contribution in [0.4, 0.5) is 0 Å². The molecule has 0 unspecified atom stereocenters. The monoisotopic (exact) mass is 329 g/mol. The molecule has 0 amide bonds. The van der Waals surface area contributed by atoms with E-state index in [1.54, 1.807) is 11.3 Å². The van der Waals surface area contributed by atoms with E-state index in [9.17, 15) is 4.79 Å². The number of nitrogens with zero attached hydrogens (tertiary/aromatic N) is 1. The zero-order chi connectivity index (χ0) is 12.4. The van der Waals surface area contributed by atoms with Crippen LogP contribution in [-0.2, 0) is 4.79 Å². The average molecular weight is 330 g/mol. The SMILES string of the molecule is Cc1sc(/C=C/C(=O)O)nc1-c1cc(Br)cs1. The van der Waals surface area contributed by atoms with E-state index < -0.39 is 5.97 Å². The van der Waals surface area contributed by atoms with Crippen molar-refractivity contribution in [3.8, 4) is 10.6 Å². The average Bonchev–Trinajstić information content (AvgIpc) is 2.82. The highest BCUT2D eigenvalue weighted by molar-refractivity contribution is 9.10. The first-order chi connectivity index (χ1) is 8.06. The lowest BCUT2D eigenvalue weighted by molar-refractivity contribution is -0.131. The molecule has 2 aromatic heterocycles. The summed E-state index contributed by atoms with van der Waals surface area (Å²) in [6, 6.07) is 2.01. The smallest absolute Gasteiger partial charge is 0.328 e. The van der Waals surface area contributed by atoms with E-state index >= 15 is 0 Å². The Bertz CT molecular complexity index is 586. The Morgan fingerprint density at radius 2 is 2.35 bits per heavy atom. The zero-order valence-corrected chi connectivity index (χ0v) is 12.0.